The third-order valence-corrected chi connectivity index (χ3v) is 6.47. The van der Waals surface area contributed by atoms with Crippen molar-refractivity contribution in [3.63, 3.8) is 0 Å². The third kappa shape index (κ3) is 3.66. The highest BCUT2D eigenvalue weighted by atomic mass is 16.6. The Morgan fingerprint density at radius 2 is 1.65 bits per heavy atom. The van der Waals surface area contributed by atoms with Gasteiger partial charge in [-0.3, -0.25) is 0 Å². The van der Waals surface area contributed by atoms with Gasteiger partial charge < -0.3 is 19.5 Å². The van der Waals surface area contributed by atoms with E-state index >= 15 is 0 Å². The first-order valence-electron chi connectivity index (χ1n) is 11.1. The van der Waals surface area contributed by atoms with E-state index in [2.05, 4.69) is 35.6 Å². The fraction of sp³-hybridized carbons (Fsp3) is 0.214. The molecule has 5 rings (SSSR count). The average molecular weight is 456 g/mol. The molecule has 6 nitrogen and oxygen atoms in total. The summed E-state index contributed by atoms with van der Waals surface area (Å²) in [5.41, 5.74) is 1.12. The number of carbonyl (C=O) groups excluding carboxylic acids is 2. The smallest absolute Gasteiger partial charge is 0.337 e. The van der Waals surface area contributed by atoms with Gasteiger partial charge in [0.2, 0.25) is 0 Å². The van der Waals surface area contributed by atoms with Gasteiger partial charge in [-0.1, -0.05) is 66.7 Å². The molecule has 2 bridgehead atoms. The van der Waals surface area contributed by atoms with Gasteiger partial charge in [0.15, 0.2) is 0 Å². The first-order valence-corrected chi connectivity index (χ1v) is 11.1. The number of fused-ring (bicyclic) bond motifs is 3. The van der Waals surface area contributed by atoms with Crippen molar-refractivity contribution in [3.05, 3.63) is 102 Å². The highest BCUT2D eigenvalue weighted by molar-refractivity contribution is 6.05. The summed E-state index contributed by atoms with van der Waals surface area (Å²) in [4.78, 5) is 25.6. The third-order valence-electron chi connectivity index (χ3n) is 6.47. The van der Waals surface area contributed by atoms with Crippen LogP contribution in [0.4, 0.5) is 5.69 Å². The molecular formula is C28H25NO5. The molecule has 0 aromatic heterocycles. The Morgan fingerprint density at radius 3 is 2.38 bits per heavy atom. The van der Waals surface area contributed by atoms with E-state index in [4.69, 9.17) is 14.2 Å². The minimum absolute atomic E-state index is 0.184. The van der Waals surface area contributed by atoms with E-state index in [1.165, 1.54) is 14.2 Å². The van der Waals surface area contributed by atoms with Crippen LogP contribution in [0, 0.1) is 0 Å². The van der Waals surface area contributed by atoms with Gasteiger partial charge in [-0.15, -0.1) is 0 Å². The maximum Gasteiger partial charge on any atom is 0.337 e. The molecule has 6 heteroatoms. The van der Waals surface area contributed by atoms with Crippen molar-refractivity contribution in [1.82, 2.24) is 0 Å². The number of carbonyl (C=O) groups is 2. The summed E-state index contributed by atoms with van der Waals surface area (Å²) in [6.45, 7) is 0. The van der Waals surface area contributed by atoms with E-state index in [0.717, 1.165) is 22.0 Å². The van der Waals surface area contributed by atoms with E-state index in [9.17, 15) is 9.59 Å². The second-order valence-corrected chi connectivity index (χ2v) is 8.41. The van der Waals surface area contributed by atoms with E-state index in [0.29, 0.717) is 6.42 Å². The summed E-state index contributed by atoms with van der Waals surface area (Å²) in [7, 11) is 2.60. The van der Waals surface area contributed by atoms with Crippen molar-refractivity contribution >= 4 is 28.4 Å². The highest BCUT2D eigenvalue weighted by Crippen LogP contribution is 2.47. The molecule has 3 aromatic rings. The second-order valence-electron chi connectivity index (χ2n) is 8.41. The normalized spacial score (nSPS) is 21.5. The molecule has 1 N–H and O–H groups in total. The first kappa shape index (κ1) is 21.9. The fourth-order valence-corrected chi connectivity index (χ4v) is 4.89. The van der Waals surface area contributed by atoms with E-state index < -0.39 is 29.7 Å². The highest BCUT2D eigenvalue weighted by Gasteiger charge is 2.58. The standard InChI is InChI=1S/C28H25NO5/c1-32-26(30)24-22-14-15-28(34-22,25(24)27(31)33-2)23(29-21-10-4-3-5-11-21)17-18-12-13-19-8-6-7-9-20(19)16-18/h3-16,22-23,29H,17H2,1-2H3. The molecule has 172 valence electrons. The molecule has 0 amide bonds. The van der Waals surface area contributed by atoms with Crippen LogP contribution in [0.25, 0.3) is 10.8 Å². The Kier molecular flexibility index (Phi) is 5.67. The van der Waals surface area contributed by atoms with Crippen LogP contribution in [-0.4, -0.2) is 43.9 Å². The van der Waals surface area contributed by atoms with Gasteiger partial charge in [0.25, 0.3) is 0 Å². The van der Waals surface area contributed by atoms with Crippen LogP contribution in [0.3, 0.4) is 0 Å². The van der Waals surface area contributed by atoms with Crippen molar-refractivity contribution < 1.29 is 23.8 Å². The van der Waals surface area contributed by atoms with Crippen LogP contribution in [0.1, 0.15) is 5.56 Å². The Bertz CT molecular complexity index is 1310. The lowest BCUT2D eigenvalue weighted by Crippen LogP contribution is -2.49. The SMILES string of the molecule is COC(=O)C1=C(C(=O)OC)C2(C(Cc3ccc4ccccc4c3)Nc3ccccc3)C=CC1O2. The summed E-state index contributed by atoms with van der Waals surface area (Å²) in [6, 6.07) is 23.8. The number of nitrogens with one attached hydrogen (secondary N) is 1. The molecular weight excluding hydrogens is 430 g/mol. The number of hydrogen-bond donors (Lipinski definition) is 1. The molecule has 2 aliphatic heterocycles. The number of esters is 2. The number of benzene rings is 3. The van der Waals surface area contributed by atoms with Gasteiger partial charge in [-0.2, -0.15) is 0 Å². The minimum atomic E-state index is -1.19. The molecule has 3 aromatic carbocycles. The van der Waals surface area contributed by atoms with Crippen LogP contribution in [0.5, 0.6) is 0 Å². The molecule has 0 saturated carbocycles. The van der Waals surface area contributed by atoms with Crippen molar-refractivity contribution in [2.75, 3.05) is 19.5 Å². The van der Waals surface area contributed by atoms with Gasteiger partial charge in [-0.25, -0.2) is 9.59 Å². The molecule has 0 aliphatic carbocycles. The number of hydrogen-bond acceptors (Lipinski definition) is 6. The van der Waals surface area contributed by atoms with Crippen LogP contribution in [0.2, 0.25) is 0 Å². The van der Waals surface area contributed by atoms with Gasteiger partial charge in [0.1, 0.15) is 11.7 Å². The summed E-state index contributed by atoms with van der Waals surface area (Å²) in [6.07, 6.45) is 3.53. The maximum atomic E-state index is 13.0. The van der Waals surface area contributed by atoms with Crippen molar-refractivity contribution in [2.45, 2.75) is 24.2 Å². The number of anilines is 1. The Balaban J connectivity index is 1.61. The van der Waals surface area contributed by atoms with Crippen molar-refractivity contribution in [1.29, 1.82) is 0 Å². The lowest BCUT2D eigenvalue weighted by Gasteiger charge is -2.36. The average Bonchev–Trinajstić information content (AvgIpc) is 3.46. The van der Waals surface area contributed by atoms with Crippen LogP contribution >= 0.6 is 0 Å². The number of methoxy groups -OCH3 is 2. The van der Waals surface area contributed by atoms with Gasteiger partial charge in [0.05, 0.1) is 31.4 Å². The molecule has 2 aliphatic rings. The number of ether oxygens (including phenoxy) is 3. The first-order chi connectivity index (χ1) is 16.6. The van der Waals surface area contributed by atoms with Crippen LogP contribution in [-0.2, 0) is 30.2 Å². The zero-order valence-corrected chi connectivity index (χ0v) is 19.0. The van der Waals surface area contributed by atoms with E-state index in [1.807, 2.05) is 48.5 Å². The summed E-state index contributed by atoms with van der Waals surface area (Å²) in [5, 5.41) is 5.83. The number of rotatable bonds is 7. The van der Waals surface area contributed by atoms with Gasteiger partial charge >= 0.3 is 11.9 Å². The number of para-hydroxylation sites is 1. The molecule has 0 fully saturated rings. The molecule has 3 unspecified atom stereocenters. The lowest BCUT2D eigenvalue weighted by atomic mass is 9.79. The van der Waals surface area contributed by atoms with E-state index in [-0.39, 0.29) is 11.1 Å². The minimum Gasteiger partial charge on any atom is -0.466 e. The van der Waals surface area contributed by atoms with Crippen molar-refractivity contribution in [3.8, 4) is 0 Å². The zero-order chi connectivity index (χ0) is 23.7. The van der Waals surface area contributed by atoms with Gasteiger partial charge in [0, 0.05) is 5.69 Å². The van der Waals surface area contributed by atoms with E-state index in [1.54, 1.807) is 6.08 Å². The maximum absolute atomic E-state index is 13.0. The summed E-state index contributed by atoms with van der Waals surface area (Å²) < 4.78 is 16.5. The predicted octanol–water partition coefficient (Wildman–Crippen LogP) is 4.21. The predicted molar refractivity (Wildman–Crippen MR) is 129 cm³/mol. The Morgan fingerprint density at radius 1 is 0.941 bits per heavy atom. The van der Waals surface area contributed by atoms with Crippen LogP contribution < -0.4 is 5.32 Å². The summed E-state index contributed by atoms with van der Waals surface area (Å²) >= 11 is 0. The summed E-state index contributed by atoms with van der Waals surface area (Å²) in [5.74, 6) is -1.20. The second kappa shape index (κ2) is 8.80. The monoisotopic (exact) mass is 455 g/mol. The topological polar surface area (TPSA) is 73.9 Å². The Labute approximate surface area is 197 Å². The zero-order valence-electron chi connectivity index (χ0n) is 19.0. The Hall–Kier alpha value is -3.90. The van der Waals surface area contributed by atoms with Crippen LogP contribution in [0.15, 0.2) is 96.1 Å². The molecule has 0 radical (unpaired) electrons. The molecule has 2 heterocycles. The molecule has 34 heavy (non-hydrogen) atoms. The quantitative estimate of drug-likeness (QED) is 0.425. The molecule has 0 saturated heterocycles. The lowest BCUT2D eigenvalue weighted by molar-refractivity contribution is -0.139. The van der Waals surface area contributed by atoms with Crippen molar-refractivity contribution in [2.24, 2.45) is 0 Å². The molecule has 0 spiro atoms. The fourth-order valence-electron chi connectivity index (χ4n) is 4.89. The molecule has 3 atom stereocenters. The largest absolute Gasteiger partial charge is 0.466 e. The van der Waals surface area contributed by atoms with Gasteiger partial charge in [-0.05, 0) is 41.0 Å².